The van der Waals surface area contributed by atoms with Gasteiger partial charge in [0.25, 0.3) is 0 Å². The summed E-state index contributed by atoms with van der Waals surface area (Å²) in [6.45, 7) is 4.03. The van der Waals surface area contributed by atoms with Crippen molar-refractivity contribution >= 4 is 27.1 Å². The summed E-state index contributed by atoms with van der Waals surface area (Å²) >= 11 is 0. The van der Waals surface area contributed by atoms with Crippen LogP contribution in [0.1, 0.15) is 50.8 Å². The third-order valence-corrected chi connectivity index (χ3v) is 6.87. The Hall–Kier alpha value is -3.79. The number of carbonyl (C=O) groups is 2. The minimum absolute atomic E-state index is 0.0879. The fraction of sp³-hybridized carbons (Fsp3) is 0.280. The molecule has 182 valence electrons. The minimum Gasteiger partial charge on any atom is -0.469 e. The number of carbonyl (C=O) groups excluding carboxylic acids is 2. The Balaban J connectivity index is 1.71. The molecular weight excluding hydrogens is 470 g/mol. The third kappa shape index (κ3) is 4.88. The summed E-state index contributed by atoms with van der Waals surface area (Å²) in [4.78, 5) is 31.3. The molecule has 1 aliphatic heterocycles. The number of hydrogen-bond donors (Lipinski definition) is 0. The second kappa shape index (κ2) is 9.83. The predicted octanol–water partition coefficient (Wildman–Crippen LogP) is 3.23. The van der Waals surface area contributed by atoms with Crippen LogP contribution in [0.15, 0.2) is 58.7 Å². The highest BCUT2D eigenvalue weighted by Crippen LogP contribution is 2.30. The van der Waals surface area contributed by atoms with Crippen LogP contribution in [0.25, 0.3) is 0 Å². The quantitative estimate of drug-likeness (QED) is 0.418. The average Bonchev–Trinajstić information content (AvgIpc) is 3.51. The summed E-state index contributed by atoms with van der Waals surface area (Å²) in [6.07, 6.45) is 2.95. The molecule has 0 radical (unpaired) electrons. The number of nitrogens with zero attached hydrogens (tertiary/aromatic N) is 3. The first-order valence-electron chi connectivity index (χ1n) is 11.1. The maximum atomic E-state index is 13.6. The summed E-state index contributed by atoms with van der Waals surface area (Å²) < 4.78 is 32.2. The maximum Gasteiger partial charge on any atom is 0.223 e. The highest BCUT2D eigenvalue weighted by molar-refractivity contribution is 7.90. The van der Waals surface area contributed by atoms with Crippen LogP contribution < -0.4 is 4.74 Å². The summed E-state index contributed by atoms with van der Waals surface area (Å²) in [5.41, 5.74) is 2.29. The molecule has 0 fully saturated rings. The number of sulfone groups is 1. The number of rotatable bonds is 9. The van der Waals surface area contributed by atoms with Gasteiger partial charge in [0.05, 0.1) is 16.8 Å². The van der Waals surface area contributed by atoms with E-state index in [1.807, 2.05) is 13.0 Å². The van der Waals surface area contributed by atoms with E-state index in [1.54, 1.807) is 31.2 Å². The van der Waals surface area contributed by atoms with Gasteiger partial charge in [0.2, 0.25) is 5.88 Å². The number of oxime groups is 1. The van der Waals surface area contributed by atoms with Crippen molar-refractivity contribution in [3.05, 3.63) is 76.5 Å². The van der Waals surface area contributed by atoms with Crippen molar-refractivity contribution < 1.29 is 27.6 Å². The molecule has 4 rings (SSSR count). The van der Waals surface area contributed by atoms with Crippen molar-refractivity contribution in [3.63, 3.8) is 0 Å². The Morgan fingerprint density at radius 2 is 1.86 bits per heavy atom. The first-order valence-corrected chi connectivity index (χ1v) is 13.0. The van der Waals surface area contributed by atoms with Crippen molar-refractivity contribution in [1.82, 2.24) is 9.78 Å². The Labute approximate surface area is 203 Å². The van der Waals surface area contributed by atoms with Gasteiger partial charge in [-0.2, -0.15) is 5.10 Å². The Morgan fingerprint density at radius 3 is 2.49 bits per heavy atom. The van der Waals surface area contributed by atoms with Gasteiger partial charge in [0, 0.05) is 35.9 Å². The van der Waals surface area contributed by atoms with Crippen LogP contribution in [0.2, 0.25) is 0 Å². The molecule has 1 aliphatic rings. The zero-order chi connectivity index (χ0) is 25.2. The molecule has 0 amide bonds. The van der Waals surface area contributed by atoms with E-state index >= 15 is 0 Å². The van der Waals surface area contributed by atoms with Gasteiger partial charge in [-0.1, -0.05) is 35.5 Å². The fourth-order valence-electron chi connectivity index (χ4n) is 3.98. The van der Waals surface area contributed by atoms with Crippen LogP contribution in [0.4, 0.5) is 0 Å². The van der Waals surface area contributed by atoms with Gasteiger partial charge >= 0.3 is 0 Å². The van der Waals surface area contributed by atoms with E-state index < -0.39 is 15.6 Å². The zero-order valence-electron chi connectivity index (χ0n) is 19.6. The third-order valence-electron chi connectivity index (χ3n) is 5.74. The van der Waals surface area contributed by atoms with Crippen molar-refractivity contribution in [1.29, 1.82) is 0 Å². The van der Waals surface area contributed by atoms with Crippen LogP contribution in [-0.4, -0.2) is 54.9 Å². The monoisotopic (exact) mass is 495 g/mol. The van der Waals surface area contributed by atoms with Gasteiger partial charge in [0.15, 0.2) is 28.0 Å². The van der Waals surface area contributed by atoms with Crippen molar-refractivity contribution in [2.75, 3.05) is 19.5 Å². The van der Waals surface area contributed by atoms with Crippen LogP contribution >= 0.6 is 0 Å². The SMILES string of the molecule is CCn1ncc(C(=O)c2ccc(S(C)(=O)=O)c(C3=NOCC3)c2C)c1OCC(=O)c1ccccc1. The van der Waals surface area contributed by atoms with E-state index in [1.165, 1.54) is 23.0 Å². The van der Waals surface area contributed by atoms with Crippen molar-refractivity contribution in [3.8, 4) is 5.88 Å². The van der Waals surface area contributed by atoms with Gasteiger partial charge in [-0.15, -0.1) is 0 Å². The molecule has 0 spiro atoms. The van der Waals surface area contributed by atoms with E-state index in [0.717, 1.165) is 6.26 Å². The topological polar surface area (TPSA) is 117 Å². The molecule has 0 unspecified atom stereocenters. The number of hydrogen-bond acceptors (Lipinski definition) is 8. The summed E-state index contributed by atoms with van der Waals surface area (Å²) in [7, 11) is -3.58. The van der Waals surface area contributed by atoms with E-state index in [9.17, 15) is 18.0 Å². The lowest BCUT2D eigenvalue weighted by Gasteiger charge is -2.15. The van der Waals surface area contributed by atoms with E-state index in [-0.39, 0.29) is 34.3 Å². The van der Waals surface area contributed by atoms with Crippen LogP contribution in [0.3, 0.4) is 0 Å². The lowest BCUT2D eigenvalue weighted by molar-refractivity contribution is 0.0907. The van der Waals surface area contributed by atoms with E-state index in [2.05, 4.69) is 10.3 Å². The number of aromatic nitrogens is 2. The van der Waals surface area contributed by atoms with E-state index in [0.29, 0.717) is 42.0 Å². The maximum absolute atomic E-state index is 13.6. The molecule has 0 saturated carbocycles. The van der Waals surface area contributed by atoms with Crippen molar-refractivity contribution in [2.45, 2.75) is 31.7 Å². The molecule has 0 saturated heterocycles. The normalized spacial score (nSPS) is 13.3. The number of aryl methyl sites for hydroxylation is 1. The first kappa shape index (κ1) is 24.3. The van der Waals surface area contributed by atoms with Gasteiger partial charge < -0.3 is 9.57 Å². The molecule has 9 nitrogen and oxygen atoms in total. The second-order valence-electron chi connectivity index (χ2n) is 8.09. The Bertz CT molecular complexity index is 1420. The van der Waals surface area contributed by atoms with Gasteiger partial charge in [-0.3, -0.25) is 9.59 Å². The van der Waals surface area contributed by atoms with Crippen LogP contribution in [0.5, 0.6) is 5.88 Å². The minimum atomic E-state index is -3.58. The number of benzene rings is 2. The lowest BCUT2D eigenvalue weighted by Crippen LogP contribution is -2.17. The highest BCUT2D eigenvalue weighted by atomic mass is 32.2. The fourth-order valence-corrected chi connectivity index (χ4v) is 4.93. The summed E-state index contributed by atoms with van der Waals surface area (Å²) in [5.74, 6) is -0.454. The molecule has 35 heavy (non-hydrogen) atoms. The molecule has 3 aromatic rings. The smallest absolute Gasteiger partial charge is 0.223 e. The van der Waals surface area contributed by atoms with Gasteiger partial charge in [0.1, 0.15) is 12.2 Å². The standard InChI is InChI=1S/C25H25N3O6S/c1-4-28-25(33-15-21(29)17-8-6-5-7-9-17)19(14-26-28)24(30)18-10-11-22(35(3,31)32)23(16(18)2)20-12-13-34-27-20/h5-11,14H,4,12-13,15H2,1-3H3. The van der Waals surface area contributed by atoms with Crippen molar-refractivity contribution in [2.24, 2.45) is 5.16 Å². The molecule has 1 aromatic heterocycles. The number of ketones is 2. The summed E-state index contributed by atoms with van der Waals surface area (Å²) in [6, 6.07) is 11.6. The summed E-state index contributed by atoms with van der Waals surface area (Å²) in [5, 5.41) is 8.23. The molecule has 10 heteroatoms. The Kier molecular flexibility index (Phi) is 6.83. The lowest BCUT2D eigenvalue weighted by atomic mass is 9.93. The van der Waals surface area contributed by atoms with E-state index in [4.69, 9.17) is 9.57 Å². The number of Topliss-reactive ketones (excluding diaryl/α,β-unsaturated/α-hetero) is 1. The predicted molar refractivity (Wildman–Crippen MR) is 129 cm³/mol. The number of ether oxygens (including phenoxy) is 1. The zero-order valence-corrected chi connectivity index (χ0v) is 20.5. The average molecular weight is 496 g/mol. The second-order valence-corrected chi connectivity index (χ2v) is 10.1. The molecule has 2 aromatic carbocycles. The largest absolute Gasteiger partial charge is 0.469 e. The molecule has 0 bridgehead atoms. The molecule has 2 heterocycles. The molecule has 0 atom stereocenters. The van der Waals surface area contributed by atoms with Crippen LogP contribution in [0, 0.1) is 6.92 Å². The Morgan fingerprint density at radius 1 is 1.11 bits per heavy atom. The first-order chi connectivity index (χ1) is 16.7. The van der Waals surface area contributed by atoms with Gasteiger partial charge in [-0.05, 0) is 31.5 Å². The molecule has 0 N–H and O–H groups in total. The van der Waals surface area contributed by atoms with Crippen LogP contribution in [-0.2, 0) is 21.2 Å². The highest BCUT2D eigenvalue weighted by Gasteiger charge is 2.28. The van der Waals surface area contributed by atoms with Gasteiger partial charge in [-0.25, -0.2) is 13.1 Å². The molecular formula is C25H25N3O6S. The molecule has 0 aliphatic carbocycles.